The third kappa shape index (κ3) is 7.31. The van der Waals surface area contributed by atoms with Crippen molar-refractivity contribution in [2.24, 2.45) is 5.92 Å². The molecule has 0 aromatic carbocycles. The van der Waals surface area contributed by atoms with E-state index in [0.717, 1.165) is 52.1 Å². The normalized spacial score (nSPS) is 15.7. The van der Waals surface area contributed by atoms with Crippen LogP contribution in [0.5, 0.6) is 0 Å². The zero-order chi connectivity index (χ0) is 17.1. The highest BCUT2D eigenvalue weighted by molar-refractivity contribution is 5.79. The van der Waals surface area contributed by atoms with Gasteiger partial charge in [-0.2, -0.15) is 0 Å². The molecule has 0 spiro atoms. The maximum absolute atomic E-state index is 12.6. The molecule has 1 aliphatic rings. The van der Waals surface area contributed by atoms with E-state index in [0.29, 0.717) is 13.1 Å². The fraction of sp³-hybridized carbons (Fsp3) is 0.882. The number of hydrogen-bond acceptors (Lipinski definition) is 5. The summed E-state index contributed by atoms with van der Waals surface area (Å²) in [5, 5.41) is 0. The molecule has 0 unspecified atom stereocenters. The van der Waals surface area contributed by atoms with Gasteiger partial charge in [-0.05, 0) is 19.3 Å². The zero-order valence-corrected chi connectivity index (χ0v) is 14.9. The smallest absolute Gasteiger partial charge is 0.307 e. The minimum Gasteiger partial charge on any atom is -0.469 e. The number of rotatable bonds is 10. The lowest BCUT2D eigenvalue weighted by atomic mass is 10.0. The molecule has 0 N–H and O–H groups in total. The number of amides is 1. The maximum atomic E-state index is 12.6. The molecule has 0 aromatic rings. The van der Waals surface area contributed by atoms with Gasteiger partial charge in [0.25, 0.3) is 0 Å². The second-order valence-corrected chi connectivity index (χ2v) is 5.97. The van der Waals surface area contributed by atoms with Gasteiger partial charge < -0.3 is 14.4 Å². The second-order valence-electron chi connectivity index (χ2n) is 5.97. The molecule has 6 nitrogen and oxygen atoms in total. The van der Waals surface area contributed by atoms with Crippen molar-refractivity contribution >= 4 is 11.9 Å². The van der Waals surface area contributed by atoms with E-state index in [1.807, 2.05) is 18.7 Å². The van der Waals surface area contributed by atoms with Crippen LogP contribution in [0.4, 0.5) is 0 Å². The number of esters is 1. The highest BCUT2D eigenvalue weighted by Gasteiger charge is 2.22. The Labute approximate surface area is 140 Å². The summed E-state index contributed by atoms with van der Waals surface area (Å²) >= 11 is 0. The molecule has 1 rings (SSSR count). The molecule has 0 radical (unpaired) electrons. The molecule has 1 fully saturated rings. The van der Waals surface area contributed by atoms with E-state index in [1.54, 1.807) is 0 Å². The van der Waals surface area contributed by atoms with E-state index in [9.17, 15) is 9.59 Å². The first kappa shape index (κ1) is 19.9. The number of nitrogens with zero attached hydrogens (tertiary/aromatic N) is 2. The van der Waals surface area contributed by atoms with Gasteiger partial charge in [0.15, 0.2) is 0 Å². The van der Waals surface area contributed by atoms with Crippen molar-refractivity contribution in [2.75, 3.05) is 53.0 Å². The molecule has 0 bridgehead atoms. The van der Waals surface area contributed by atoms with Crippen LogP contribution in [0.15, 0.2) is 0 Å². The minimum atomic E-state index is -0.263. The summed E-state index contributed by atoms with van der Waals surface area (Å²) in [6, 6.07) is 0. The first-order valence-corrected chi connectivity index (χ1v) is 8.78. The van der Waals surface area contributed by atoms with Gasteiger partial charge in [0.05, 0.1) is 26.7 Å². The van der Waals surface area contributed by atoms with Crippen molar-refractivity contribution < 1.29 is 19.1 Å². The Morgan fingerprint density at radius 2 is 1.83 bits per heavy atom. The molecule has 6 heteroatoms. The third-order valence-electron chi connectivity index (χ3n) is 4.47. The molecule has 0 saturated carbocycles. The lowest BCUT2D eigenvalue weighted by Crippen LogP contribution is -2.41. The summed E-state index contributed by atoms with van der Waals surface area (Å²) in [6.07, 6.45) is 2.87. The first-order valence-electron chi connectivity index (χ1n) is 8.78. The van der Waals surface area contributed by atoms with E-state index < -0.39 is 0 Å². The first-order chi connectivity index (χ1) is 11.1. The Bertz CT molecular complexity index is 353. The quantitative estimate of drug-likeness (QED) is 0.569. The molecular formula is C17H32N2O4. The van der Waals surface area contributed by atoms with Crippen LogP contribution in [-0.4, -0.2) is 74.7 Å². The van der Waals surface area contributed by atoms with Crippen molar-refractivity contribution in [3.05, 3.63) is 0 Å². The Morgan fingerprint density at radius 1 is 1.17 bits per heavy atom. The topological polar surface area (TPSA) is 59.1 Å². The van der Waals surface area contributed by atoms with Gasteiger partial charge in [-0.15, -0.1) is 0 Å². The highest BCUT2D eigenvalue weighted by Crippen LogP contribution is 2.13. The van der Waals surface area contributed by atoms with Crippen molar-refractivity contribution in [3.8, 4) is 0 Å². The van der Waals surface area contributed by atoms with E-state index in [-0.39, 0.29) is 24.2 Å². The Kier molecular flexibility index (Phi) is 9.87. The van der Waals surface area contributed by atoms with Crippen LogP contribution >= 0.6 is 0 Å². The SMILES string of the molecule is CCC(CC)C(=O)N(CCCN1CCOCC1)CCC(=O)OC. The third-order valence-corrected chi connectivity index (χ3v) is 4.47. The van der Waals surface area contributed by atoms with Crippen molar-refractivity contribution in [2.45, 2.75) is 39.5 Å². The van der Waals surface area contributed by atoms with E-state index in [4.69, 9.17) is 9.47 Å². The number of methoxy groups -OCH3 is 1. The summed E-state index contributed by atoms with van der Waals surface area (Å²) < 4.78 is 10.0. The lowest BCUT2D eigenvalue weighted by Gasteiger charge is -2.29. The standard InChI is InChI=1S/C17H32N2O4/c1-4-15(5-2)17(21)19(10-7-16(20)22-3)9-6-8-18-11-13-23-14-12-18/h15H,4-14H2,1-3H3. The van der Waals surface area contributed by atoms with Gasteiger partial charge in [-0.3, -0.25) is 14.5 Å². The molecule has 1 aliphatic heterocycles. The summed E-state index contributed by atoms with van der Waals surface area (Å²) in [5.41, 5.74) is 0. The second kappa shape index (κ2) is 11.4. The van der Waals surface area contributed by atoms with Crippen LogP contribution in [0.25, 0.3) is 0 Å². The molecular weight excluding hydrogens is 296 g/mol. The van der Waals surface area contributed by atoms with Crippen molar-refractivity contribution in [1.29, 1.82) is 0 Å². The van der Waals surface area contributed by atoms with Gasteiger partial charge in [-0.1, -0.05) is 13.8 Å². The molecule has 1 saturated heterocycles. The predicted octanol–water partition coefficient (Wildman–Crippen LogP) is 1.54. The van der Waals surface area contributed by atoms with Crippen LogP contribution in [0.3, 0.4) is 0 Å². The number of carbonyl (C=O) groups is 2. The molecule has 134 valence electrons. The summed E-state index contributed by atoms with van der Waals surface area (Å²) in [6.45, 7) is 9.70. The van der Waals surface area contributed by atoms with Crippen LogP contribution in [-0.2, 0) is 19.1 Å². The maximum Gasteiger partial charge on any atom is 0.307 e. The Hall–Kier alpha value is -1.14. The van der Waals surface area contributed by atoms with Crippen molar-refractivity contribution in [1.82, 2.24) is 9.80 Å². The highest BCUT2D eigenvalue weighted by atomic mass is 16.5. The lowest BCUT2D eigenvalue weighted by molar-refractivity contribution is -0.142. The summed E-state index contributed by atoms with van der Waals surface area (Å²) in [4.78, 5) is 28.2. The number of ether oxygens (including phenoxy) is 2. The molecule has 1 amide bonds. The van der Waals surface area contributed by atoms with E-state index >= 15 is 0 Å². The number of morpholine rings is 1. The largest absolute Gasteiger partial charge is 0.469 e. The average Bonchev–Trinajstić information content (AvgIpc) is 2.59. The Balaban J connectivity index is 2.48. The summed E-state index contributed by atoms with van der Waals surface area (Å²) in [5.74, 6) is -0.0440. The molecule has 0 aliphatic carbocycles. The molecule has 1 heterocycles. The minimum absolute atomic E-state index is 0.0519. The summed E-state index contributed by atoms with van der Waals surface area (Å²) in [7, 11) is 1.38. The number of hydrogen-bond donors (Lipinski definition) is 0. The molecule has 0 aromatic heterocycles. The monoisotopic (exact) mass is 328 g/mol. The van der Waals surface area contributed by atoms with Gasteiger partial charge in [0, 0.05) is 38.6 Å². The van der Waals surface area contributed by atoms with Gasteiger partial charge in [0.2, 0.25) is 5.91 Å². The van der Waals surface area contributed by atoms with Crippen LogP contribution < -0.4 is 0 Å². The van der Waals surface area contributed by atoms with E-state index in [2.05, 4.69) is 4.90 Å². The van der Waals surface area contributed by atoms with Crippen LogP contribution in [0, 0.1) is 5.92 Å². The van der Waals surface area contributed by atoms with Gasteiger partial charge in [0.1, 0.15) is 0 Å². The van der Waals surface area contributed by atoms with Crippen LogP contribution in [0.1, 0.15) is 39.5 Å². The van der Waals surface area contributed by atoms with Crippen LogP contribution in [0.2, 0.25) is 0 Å². The van der Waals surface area contributed by atoms with Gasteiger partial charge >= 0.3 is 5.97 Å². The average molecular weight is 328 g/mol. The molecule has 23 heavy (non-hydrogen) atoms. The predicted molar refractivity (Wildman–Crippen MR) is 89.2 cm³/mol. The molecule has 0 atom stereocenters. The number of carbonyl (C=O) groups excluding carboxylic acids is 2. The Morgan fingerprint density at radius 3 is 2.39 bits per heavy atom. The fourth-order valence-corrected chi connectivity index (χ4v) is 2.87. The van der Waals surface area contributed by atoms with E-state index in [1.165, 1.54) is 7.11 Å². The van der Waals surface area contributed by atoms with Crippen molar-refractivity contribution in [3.63, 3.8) is 0 Å². The zero-order valence-electron chi connectivity index (χ0n) is 14.9. The van der Waals surface area contributed by atoms with Gasteiger partial charge in [-0.25, -0.2) is 0 Å². The fourth-order valence-electron chi connectivity index (χ4n) is 2.87.